The summed E-state index contributed by atoms with van der Waals surface area (Å²) < 4.78 is 40.6. The Morgan fingerprint density at radius 1 is 1.26 bits per heavy atom. The highest BCUT2D eigenvalue weighted by Gasteiger charge is 2.31. The monoisotopic (exact) mass is 322 g/mol. The zero-order valence-electron chi connectivity index (χ0n) is 11.4. The first-order chi connectivity index (χ1) is 10.8. The summed E-state index contributed by atoms with van der Waals surface area (Å²) in [5, 5.41) is 0. The Kier molecular flexibility index (Phi) is 3.40. The van der Waals surface area contributed by atoms with Gasteiger partial charge in [0.1, 0.15) is 11.4 Å². The lowest BCUT2D eigenvalue weighted by Gasteiger charge is -2.07. The summed E-state index contributed by atoms with van der Waals surface area (Å²) >= 11 is 0. The molecule has 3 rings (SSSR count). The molecule has 0 unspecified atom stereocenters. The van der Waals surface area contributed by atoms with Crippen molar-refractivity contribution in [1.82, 2.24) is 15.0 Å². The van der Waals surface area contributed by atoms with Crippen LogP contribution in [0.5, 0.6) is 5.75 Å². The van der Waals surface area contributed by atoms with Gasteiger partial charge in [-0.2, -0.15) is 0 Å². The van der Waals surface area contributed by atoms with E-state index in [4.69, 9.17) is 5.73 Å². The van der Waals surface area contributed by atoms with Crippen molar-refractivity contribution in [2.75, 3.05) is 0 Å². The van der Waals surface area contributed by atoms with Gasteiger partial charge in [0.25, 0.3) is 5.91 Å². The second-order valence-electron chi connectivity index (χ2n) is 4.58. The molecule has 0 aliphatic carbocycles. The lowest BCUT2D eigenvalue weighted by Crippen LogP contribution is -2.16. The number of nitrogens with one attached hydrogen (secondary N) is 1. The topological polar surface area (TPSA) is 93.9 Å². The Bertz CT molecular complexity index is 889. The van der Waals surface area contributed by atoms with Gasteiger partial charge >= 0.3 is 6.36 Å². The van der Waals surface area contributed by atoms with E-state index in [2.05, 4.69) is 19.7 Å². The third-order valence-corrected chi connectivity index (χ3v) is 2.99. The average Bonchev–Trinajstić information content (AvgIpc) is 2.88. The van der Waals surface area contributed by atoms with E-state index in [9.17, 15) is 18.0 Å². The third-order valence-electron chi connectivity index (χ3n) is 2.99. The number of aromatic amines is 1. The summed E-state index contributed by atoms with van der Waals surface area (Å²) in [7, 11) is 0. The molecule has 6 nitrogen and oxygen atoms in total. The van der Waals surface area contributed by atoms with Gasteiger partial charge in [-0.15, -0.1) is 13.2 Å². The van der Waals surface area contributed by atoms with E-state index in [1.54, 1.807) is 6.07 Å². The highest BCUT2D eigenvalue weighted by molar-refractivity contribution is 5.98. The molecule has 0 spiro atoms. The normalized spacial score (nSPS) is 11.6. The van der Waals surface area contributed by atoms with Gasteiger partial charge < -0.3 is 15.5 Å². The molecular formula is C14H9F3N4O2. The van der Waals surface area contributed by atoms with Crippen LogP contribution in [-0.2, 0) is 0 Å². The fourth-order valence-electron chi connectivity index (χ4n) is 2.09. The Labute approximate surface area is 127 Å². The number of carbonyl (C=O) groups excluding carboxylic acids is 1. The van der Waals surface area contributed by atoms with Crippen LogP contribution in [0, 0.1) is 0 Å². The van der Waals surface area contributed by atoms with Crippen molar-refractivity contribution in [2.24, 2.45) is 5.73 Å². The molecule has 9 heteroatoms. The maximum absolute atomic E-state index is 12.2. The number of benzene rings is 1. The number of imidazole rings is 1. The second kappa shape index (κ2) is 5.27. The number of pyridine rings is 1. The predicted molar refractivity (Wildman–Crippen MR) is 74.5 cm³/mol. The maximum Gasteiger partial charge on any atom is 0.573 e. The lowest BCUT2D eigenvalue weighted by molar-refractivity contribution is -0.274. The number of hydrogen-bond donors (Lipinski definition) is 2. The molecule has 0 aliphatic heterocycles. The van der Waals surface area contributed by atoms with Crippen LogP contribution in [0.25, 0.3) is 22.6 Å². The number of nitrogens with zero attached hydrogens (tertiary/aromatic N) is 2. The van der Waals surface area contributed by atoms with Crippen molar-refractivity contribution in [3.8, 4) is 17.3 Å². The van der Waals surface area contributed by atoms with E-state index >= 15 is 0 Å². The zero-order valence-corrected chi connectivity index (χ0v) is 11.4. The molecule has 118 valence electrons. The van der Waals surface area contributed by atoms with E-state index in [-0.39, 0.29) is 28.3 Å². The highest BCUT2D eigenvalue weighted by Crippen LogP contribution is 2.27. The Morgan fingerprint density at radius 3 is 2.74 bits per heavy atom. The molecule has 0 bridgehead atoms. The van der Waals surface area contributed by atoms with Gasteiger partial charge in [0.15, 0.2) is 5.82 Å². The van der Waals surface area contributed by atoms with E-state index < -0.39 is 12.3 Å². The minimum absolute atomic E-state index is 0.151. The molecule has 0 saturated carbocycles. The minimum atomic E-state index is -4.78. The molecule has 2 heterocycles. The van der Waals surface area contributed by atoms with Crippen molar-refractivity contribution < 1.29 is 22.7 Å². The van der Waals surface area contributed by atoms with E-state index in [1.165, 1.54) is 18.3 Å². The smallest absolute Gasteiger partial charge is 0.406 e. The van der Waals surface area contributed by atoms with Gasteiger partial charge in [-0.25, -0.2) is 4.98 Å². The van der Waals surface area contributed by atoms with Gasteiger partial charge in [0, 0.05) is 12.3 Å². The Balaban J connectivity index is 2.06. The van der Waals surface area contributed by atoms with Gasteiger partial charge in [-0.1, -0.05) is 0 Å². The molecule has 3 aromatic rings. The van der Waals surface area contributed by atoms with E-state index in [1.807, 2.05) is 0 Å². The van der Waals surface area contributed by atoms with Crippen LogP contribution in [0.15, 0.2) is 36.5 Å². The fraction of sp³-hybridized carbons (Fsp3) is 0.0714. The SMILES string of the molecule is NC(=O)c1cccnc1-c1nc2cc(OC(F)(F)F)ccc2[nH]1. The van der Waals surface area contributed by atoms with Crippen molar-refractivity contribution in [3.05, 3.63) is 42.1 Å². The van der Waals surface area contributed by atoms with Crippen molar-refractivity contribution in [3.63, 3.8) is 0 Å². The first-order valence-corrected chi connectivity index (χ1v) is 6.34. The maximum atomic E-state index is 12.2. The first-order valence-electron chi connectivity index (χ1n) is 6.34. The molecule has 0 saturated heterocycles. The summed E-state index contributed by atoms with van der Waals surface area (Å²) in [5.41, 5.74) is 6.35. The van der Waals surface area contributed by atoms with Gasteiger partial charge in [-0.3, -0.25) is 9.78 Å². The number of nitrogens with two attached hydrogens (primary N) is 1. The summed E-state index contributed by atoms with van der Waals surface area (Å²) in [6, 6.07) is 6.71. The van der Waals surface area contributed by atoms with Crippen LogP contribution in [0.2, 0.25) is 0 Å². The third kappa shape index (κ3) is 3.07. The van der Waals surface area contributed by atoms with Crippen LogP contribution in [0.3, 0.4) is 0 Å². The van der Waals surface area contributed by atoms with Gasteiger partial charge in [-0.05, 0) is 24.3 Å². The van der Waals surface area contributed by atoms with Crippen LogP contribution < -0.4 is 10.5 Å². The number of carbonyl (C=O) groups is 1. The molecular weight excluding hydrogens is 313 g/mol. The molecule has 0 atom stereocenters. The van der Waals surface area contributed by atoms with Crippen LogP contribution in [-0.4, -0.2) is 27.2 Å². The molecule has 3 N–H and O–H groups in total. The first kappa shape index (κ1) is 14.8. The number of fused-ring (bicyclic) bond motifs is 1. The molecule has 1 aromatic carbocycles. The molecule has 23 heavy (non-hydrogen) atoms. The summed E-state index contributed by atoms with van der Waals surface area (Å²) in [6.45, 7) is 0. The number of halogens is 3. The second-order valence-corrected chi connectivity index (χ2v) is 4.58. The Morgan fingerprint density at radius 2 is 2.04 bits per heavy atom. The number of aromatic nitrogens is 3. The summed E-state index contributed by atoms with van der Waals surface area (Å²) in [4.78, 5) is 22.5. The number of amides is 1. The largest absolute Gasteiger partial charge is 0.573 e. The number of primary amides is 1. The number of rotatable bonds is 3. The highest BCUT2D eigenvalue weighted by atomic mass is 19.4. The van der Waals surface area contributed by atoms with Crippen LogP contribution >= 0.6 is 0 Å². The van der Waals surface area contributed by atoms with Crippen molar-refractivity contribution in [2.45, 2.75) is 6.36 Å². The lowest BCUT2D eigenvalue weighted by atomic mass is 10.2. The van der Waals surface area contributed by atoms with Gasteiger partial charge in [0.05, 0.1) is 16.6 Å². The minimum Gasteiger partial charge on any atom is -0.406 e. The van der Waals surface area contributed by atoms with E-state index in [0.29, 0.717) is 5.52 Å². The van der Waals surface area contributed by atoms with Crippen LogP contribution in [0.4, 0.5) is 13.2 Å². The molecule has 1 amide bonds. The standard InChI is InChI=1S/C14H9F3N4O2/c15-14(16,17)23-7-3-4-9-10(6-7)21-13(20-9)11-8(12(18)22)2-1-5-19-11/h1-6H,(H2,18,22)(H,20,21). The Hall–Kier alpha value is -3.10. The zero-order chi connectivity index (χ0) is 16.6. The molecule has 0 radical (unpaired) electrons. The quantitative estimate of drug-likeness (QED) is 0.775. The van der Waals surface area contributed by atoms with Crippen LogP contribution in [0.1, 0.15) is 10.4 Å². The number of H-pyrrole nitrogens is 1. The van der Waals surface area contributed by atoms with Crippen molar-refractivity contribution >= 4 is 16.9 Å². The number of alkyl halides is 3. The number of hydrogen-bond acceptors (Lipinski definition) is 4. The average molecular weight is 322 g/mol. The summed E-state index contributed by atoms with van der Waals surface area (Å²) in [6.07, 6.45) is -3.33. The molecule has 2 aromatic heterocycles. The van der Waals surface area contributed by atoms with Crippen molar-refractivity contribution in [1.29, 1.82) is 0 Å². The van der Waals surface area contributed by atoms with Gasteiger partial charge in [0.2, 0.25) is 0 Å². The number of ether oxygens (including phenoxy) is 1. The van der Waals surface area contributed by atoms with E-state index in [0.717, 1.165) is 12.1 Å². The predicted octanol–water partition coefficient (Wildman–Crippen LogP) is 2.62. The molecule has 0 fully saturated rings. The summed E-state index contributed by atoms with van der Waals surface area (Å²) in [5.74, 6) is -0.854. The molecule has 0 aliphatic rings. The fourth-order valence-corrected chi connectivity index (χ4v) is 2.09.